The summed E-state index contributed by atoms with van der Waals surface area (Å²) in [6.45, 7) is 0. The lowest BCUT2D eigenvalue weighted by Gasteiger charge is -2.15. The molecular formula is C21H14F5N3O4. The fourth-order valence-corrected chi connectivity index (χ4v) is 2.69. The first kappa shape index (κ1) is 23.4. The van der Waals surface area contributed by atoms with E-state index in [0.29, 0.717) is 18.3 Å². The number of amides is 2. The van der Waals surface area contributed by atoms with Crippen LogP contribution in [-0.4, -0.2) is 23.9 Å². The van der Waals surface area contributed by atoms with Crippen LogP contribution in [0.2, 0.25) is 0 Å². The number of anilines is 1. The lowest BCUT2D eigenvalue weighted by molar-refractivity contribution is -0.137. The van der Waals surface area contributed by atoms with Gasteiger partial charge in [-0.2, -0.15) is 17.6 Å². The van der Waals surface area contributed by atoms with Crippen molar-refractivity contribution in [2.75, 3.05) is 12.4 Å². The molecule has 0 aliphatic rings. The number of rotatable bonds is 6. The van der Waals surface area contributed by atoms with Gasteiger partial charge in [0.15, 0.2) is 11.6 Å². The number of hydrogen-bond acceptors (Lipinski definition) is 5. The highest BCUT2D eigenvalue weighted by molar-refractivity contribution is 6.06. The number of hydrogen-bond donors (Lipinski definition) is 2. The van der Waals surface area contributed by atoms with Crippen molar-refractivity contribution in [3.05, 3.63) is 77.0 Å². The van der Waals surface area contributed by atoms with Gasteiger partial charge in [-0.05, 0) is 36.4 Å². The van der Waals surface area contributed by atoms with E-state index >= 15 is 0 Å². The van der Waals surface area contributed by atoms with E-state index in [0.717, 1.165) is 13.2 Å². The summed E-state index contributed by atoms with van der Waals surface area (Å²) >= 11 is 0. The number of alkyl halides is 3. The number of aromatic nitrogens is 1. The number of primary amides is 1. The van der Waals surface area contributed by atoms with Crippen molar-refractivity contribution < 1.29 is 41.0 Å². The van der Waals surface area contributed by atoms with E-state index < -0.39 is 58.1 Å². The second kappa shape index (κ2) is 9.10. The third-order valence-electron chi connectivity index (χ3n) is 4.25. The lowest BCUT2D eigenvalue weighted by atomic mass is 10.1. The van der Waals surface area contributed by atoms with Crippen molar-refractivity contribution in [3.63, 3.8) is 0 Å². The third-order valence-corrected chi connectivity index (χ3v) is 4.25. The van der Waals surface area contributed by atoms with Gasteiger partial charge in [-0.1, -0.05) is 6.07 Å². The molecule has 2 amide bonds. The highest BCUT2D eigenvalue weighted by Gasteiger charge is 2.33. The Balaban J connectivity index is 2.04. The number of nitrogens with two attached hydrogens (primary N) is 1. The molecule has 0 bridgehead atoms. The summed E-state index contributed by atoms with van der Waals surface area (Å²) in [4.78, 5) is 27.6. The largest absolute Gasteiger partial charge is 0.490 e. The van der Waals surface area contributed by atoms with Crippen LogP contribution >= 0.6 is 0 Å². The fourth-order valence-electron chi connectivity index (χ4n) is 2.69. The molecule has 0 saturated heterocycles. The molecule has 0 atom stereocenters. The summed E-state index contributed by atoms with van der Waals surface area (Å²) in [5.41, 5.74) is 3.32. The molecule has 0 radical (unpaired) electrons. The van der Waals surface area contributed by atoms with E-state index in [4.69, 9.17) is 15.2 Å². The molecule has 2 aromatic carbocycles. The summed E-state index contributed by atoms with van der Waals surface area (Å²) in [6, 6.07) is 7.46. The number of carbonyl (C=O) groups excluding carboxylic acids is 2. The number of nitrogens with one attached hydrogen (secondary N) is 1. The Kier molecular flexibility index (Phi) is 6.47. The van der Waals surface area contributed by atoms with Gasteiger partial charge in [0.25, 0.3) is 5.91 Å². The molecular weight excluding hydrogens is 453 g/mol. The van der Waals surface area contributed by atoms with Crippen LogP contribution in [0.3, 0.4) is 0 Å². The smallest absolute Gasteiger partial charge is 0.417 e. The van der Waals surface area contributed by atoms with Gasteiger partial charge in [0.2, 0.25) is 23.4 Å². The standard InChI is InChI=1S/C21H14F5N3O4/c1-32-17-15(6-5-14(22)16(17)23)33-20-13(8-11(9-28-20)21(24,25)26)19(31)29-12-4-2-3-10(7-12)18(27)30/h2-9H,1H3,(H2,27,30)(H,29,31). The Morgan fingerprint density at radius 1 is 1.09 bits per heavy atom. The number of benzene rings is 2. The minimum Gasteiger partial charge on any atom is -0.490 e. The lowest BCUT2D eigenvalue weighted by Crippen LogP contribution is -2.17. The van der Waals surface area contributed by atoms with Crippen LogP contribution in [0.4, 0.5) is 27.6 Å². The van der Waals surface area contributed by atoms with Crippen LogP contribution < -0.4 is 20.5 Å². The zero-order valence-corrected chi connectivity index (χ0v) is 16.7. The van der Waals surface area contributed by atoms with Crippen molar-refractivity contribution >= 4 is 17.5 Å². The van der Waals surface area contributed by atoms with Crippen LogP contribution in [0.15, 0.2) is 48.7 Å². The topological polar surface area (TPSA) is 104 Å². The number of nitrogens with zero attached hydrogens (tertiary/aromatic N) is 1. The van der Waals surface area contributed by atoms with Crippen LogP contribution in [0, 0.1) is 11.6 Å². The van der Waals surface area contributed by atoms with Crippen molar-refractivity contribution in [2.45, 2.75) is 6.18 Å². The van der Waals surface area contributed by atoms with E-state index in [2.05, 4.69) is 10.3 Å². The van der Waals surface area contributed by atoms with E-state index in [1.54, 1.807) is 0 Å². The Morgan fingerprint density at radius 3 is 2.45 bits per heavy atom. The molecule has 7 nitrogen and oxygen atoms in total. The van der Waals surface area contributed by atoms with E-state index in [9.17, 15) is 31.5 Å². The van der Waals surface area contributed by atoms with Crippen LogP contribution in [-0.2, 0) is 6.18 Å². The second-order valence-corrected chi connectivity index (χ2v) is 6.47. The summed E-state index contributed by atoms with van der Waals surface area (Å²) < 4.78 is 77.1. The second-order valence-electron chi connectivity index (χ2n) is 6.47. The number of pyridine rings is 1. The fraction of sp³-hybridized carbons (Fsp3) is 0.0952. The van der Waals surface area contributed by atoms with Gasteiger partial charge in [0.1, 0.15) is 5.56 Å². The summed E-state index contributed by atoms with van der Waals surface area (Å²) in [6.07, 6.45) is -4.43. The predicted molar refractivity (Wildman–Crippen MR) is 105 cm³/mol. The van der Waals surface area contributed by atoms with Crippen LogP contribution in [0.25, 0.3) is 0 Å². The molecule has 12 heteroatoms. The minimum absolute atomic E-state index is 0.0398. The Morgan fingerprint density at radius 2 is 1.82 bits per heavy atom. The monoisotopic (exact) mass is 467 g/mol. The molecule has 0 saturated carbocycles. The Bertz CT molecular complexity index is 1230. The van der Waals surface area contributed by atoms with E-state index in [-0.39, 0.29) is 11.3 Å². The number of halogens is 5. The molecule has 172 valence electrons. The molecule has 3 aromatic rings. The molecule has 33 heavy (non-hydrogen) atoms. The Hall–Kier alpha value is -4.22. The maximum Gasteiger partial charge on any atom is 0.417 e. The van der Waals surface area contributed by atoms with Crippen molar-refractivity contribution in [1.82, 2.24) is 4.98 Å². The molecule has 0 aliphatic heterocycles. The van der Waals surface area contributed by atoms with Crippen LogP contribution in [0.1, 0.15) is 26.3 Å². The van der Waals surface area contributed by atoms with Gasteiger partial charge < -0.3 is 20.5 Å². The molecule has 3 N–H and O–H groups in total. The number of carbonyl (C=O) groups is 2. The minimum atomic E-state index is -4.84. The summed E-state index contributed by atoms with van der Waals surface area (Å²) in [7, 11) is 1.02. The van der Waals surface area contributed by atoms with Crippen LogP contribution in [0.5, 0.6) is 17.4 Å². The average Bonchev–Trinajstić information content (AvgIpc) is 2.76. The first-order valence-electron chi connectivity index (χ1n) is 8.99. The molecule has 1 aromatic heterocycles. The Labute approximate surface area is 182 Å². The van der Waals surface area contributed by atoms with Crippen molar-refractivity contribution in [2.24, 2.45) is 5.73 Å². The van der Waals surface area contributed by atoms with E-state index in [1.165, 1.54) is 24.3 Å². The maximum atomic E-state index is 14.0. The first-order chi connectivity index (χ1) is 15.5. The molecule has 0 fully saturated rings. The summed E-state index contributed by atoms with van der Waals surface area (Å²) in [5.74, 6) is -6.31. The molecule has 0 aliphatic carbocycles. The normalized spacial score (nSPS) is 11.1. The predicted octanol–water partition coefficient (Wildman–Crippen LogP) is 4.53. The van der Waals surface area contributed by atoms with Crippen molar-refractivity contribution in [3.8, 4) is 17.4 Å². The molecule has 3 rings (SSSR count). The van der Waals surface area contributed by atoms with Gasteiger partial charge in [0, 0.05) is 17.4 Å². The number of ether oxygens (including phenoxy) is 2. The number of methoxy groups -OCH3 is 1. The van der Waals surface area contributed by atoms with Crippen molar-refractivity contribution in [1.29, 1.82) is 0 Å². The zero-order valence-electron chi connectivity index (χ0n) is 16.7. The first-order valence-corrected chi connectivity index (χ1v) is 8.99. The molecule has 1 heterocycles. The molecule has 0 unspecified atom stereocenters. The molecule has 0 spiro atoms. The highest BCUT2D eigenvalue weighted by Crippen LogP contribution is 2.37. The average molecular weight is 467 g/mol. The zero-order chi connectivity index (χ0) is 24.3. The van der Waals surface area contributed by atoms with Gasteiger partial charge in [-0.3, -0.25) is 9.59 Å². The highest BCUT2D eigenvalue weighted by atomic mass is 19.4. The SMILES string of the molecule is COc1c(Oc2ncc(C(F)(F)F)cc2C(=O)Nc2cccc(C(N)=O)c2)ccc(F)c1F. The van der Waals surface area contributed by atoms with Gasteiger partial charge in [-0.25, -0.2) is 9.37 Å². The summed E-state index contributed by atoms with van der Waals surface area (Å²) in [5, 5.41) is 2.31. The third kappa shape index (κ3) is 5.17. The maximum absolute atomic E-state index is 14.0. The van der Waals surface area contributed by atoms with E-state index in [1.807, 2.05) is 0 Å². The quantitative estimate of drug-likeness (QED) is 0.519. The van der Waals surface area contributed by atoms with Gasteiger partial charge >= 0.3 is 6.18 Å². The van der Waals surface area contributed by atoms with Gasteiger partial charge in [0.05, 0.1) is 12.7 Å². The van der Waals surface area contributed by atoms with Gasteiger partial charge in [-0.15, -0.1) is 0 Å².